The van der Waals surface area contributed by atoms with E-state index in [1.165, 1.54) is 30.5 Å². The number of ether oxygens (including phenoxy) is 1. The predicted molar refractivity (Wildman–Crippen MR) is 101 cm³/mol. The number of halogens is 1. The van der Waals surface area contributed by atoms with Crippen molar-refractivity contribution in [2.24, 2.45) is 5.10 Å². The molecule has 0 saturated carbocycles. The number of hydrogen-bond donors (Lipinski definition) is 2. The Kier molecular flexibility index (Phi) is 7.96. The number of hydrazone groups is 1. The van der Waals surface area contributed by atoms with Crippen molar-refractivity contribution < 1.29 is 18.7 Å². The number of nitrogens with one attached hydrogen (secondary N) is 2. The number of nitrogens with zero attached hydrogens (tertiary/aromatic N) is 1. The van der Waals surface area contributed by atoms with Gasteiger partial charge in [0.05, 0.1) is 19.4 Å². The van der Waals surface area contributed by atoms with Crippen molar-refractivity contribution in [2.75, 3.05) is 13.2 Å². The van der Waals surface area contributed by atoms with Gasteiger partial charge in [-0.3, -0.25) is 9.59 Å². The van der Waals surface area contributed by atoms with E-state index < -0.39 is 5.91 Å². The normalized spacial score (nSPS) is 10.6. The highest BCUT2D eigenvalue weighted by Gasteiger charge is 2.07. The second-order valence-electron chi connectivity index (χ2n) is 5.75. The second-order valence-corrected chi connectivity index (χ2v) is 5.75. The van der Waals surface area contributed by atoms with E-state index in [0.717, 1.165) is 12.8 Å². The Morgan fingerprint density at radius 1 is 1.11 bits per heavy atom. The predicted octanol–water partition coefficient (Wildman–Crippen LogP) is 2.88. The lowest BCUT2D eigenvalue weighted by Crippen LogP contribution is -2.34. The Morgan fingerprint density at radius 3 is 2.48 bits per heavy atom. The van der Waals surface area contributed by atoms with Gasteiger partial charge in [0.2, 0.25) is 0 Å². The number of carbonyl (C=O) groups excluding carboxylic acids is 2. The maximum atomic E-state index is 12.8. The molecule has 0 saturated heterocycles. The number of amides is 2. The largest absolute Gasteiger partial charge is 0.494 e. The zero-order valence-corrected chi connectivity index (χ0v) is 15.1. The molecule has 0 aliphatic rings. The molecule has 0 fully saturated rings. The Labute approximate surface area is 157 Å². The van der Waals surface area contributed by atoms with Crippen LogP contribution < -0.4 is 15.5 Å². The van der Waals surface area contributed by atoms with E-state index in [2.05, 4.69) is 22.8 Å². The van der Waals surface area contributed by atoms with Crippen LogP contribution in [0.5, 0.6) is 5.75 Å². The summed E-state index contributed by atoms with van der Waals surface area (Å²) in [6.07, 6.45) is 3.41. The molecule has 2 N–H and O–H groups in total. The third-order valence-corrected chi connectivity index (χ3v) is 3.57. The van der Waals surface area contributed by atoms with Gasteiger partial charge in [0.15, 0.2) is 0 Å². The average molecular weight is 371 g/mol. The number of rotatable bonds is 9. The fraction of sp³-hybridized carbons (Fsp3) is 0.250. The fourth-order valence-corrected chi connectivity index (χ4v) is 2.07. The topological polar surface area (TPSA) is 79.8 Å². The van der Waals surface area contributed by atoms with Gasteiger partial charge in [-0.1, -0.05) is 25.5 Å². The summed E-state index contributed by atoms with van der Waals surface area (Å²) in [5.74, 6) is -0.485. The molecule has 2 rings (SSSR count). The monoisotopic (exact) mass is 371 g/mol. The first-order valence-electron chi connectivity index (χ1n) is 8.67. The van der Waals surface area contributed by atoms with Gasteiger partial charge in [-0.05, 0) is 48.4 Å². The molecular formula is C20H22FN3O3. The standard InChI is InChI=1S/C20H22FN3O3/c1-2-3-12-27-18-10-6-16(7-11-18)20(26)22-14-19(25)24-23-13-15-4-8-17(21)9-5-15/h4-11,13H,2-3,12,14H2,1H3,(H,22,26)(H,24,25)/b23-13+. The van der Waals surface area contributed by atoms with E-state index in [-0.39, 0.29) is 18.3 Å². The molecule has 0 unspecified atom stereocenters. The van der Waals surface area contributed by atoms with Crippen LogP contribution >= 0.6 is 0 Å². The maximum Gasteiger partial charge on any atom is 0.259 e. The SMILES string of the molecule is CCCCOc1ccc(C(=O)NCC(=O)N/N=C/c2ccc(F)cc2)cc1. The third-order valence-electron chi connectivity index (χ3n) is 3.57. The fourth-order valence-electron chi connectivity index (χ4n) is 2.07. The highest BCUT2D eigenvalue weighted by Crippen LogP contribution is 2.12. The van der Waals surface area contributed by atoms with Crippen LogP contribution in [0.4, 0.5) is 4.39 Å². The van der Waals surface area contributed by atoms with Gasteiger partial charge < -0.3 is 10.1 Å². The summed E-state index contributed by atoms with van der Waals surface area (Å²) in [7, 11) is 0. The average Bonchev–Trinajstić information content (AvgIpc) is 2.68. The lowest BCUT2D eigenvalue weighted by molar-refractivity contribution is -0.120. The number of benzene rings is 2. The lowest BCUT2D eigenvalue weighted by atomic mass is 10.2. The molecule has 142 valence electrons. The van der Waals surface area contributed by atoms with Crippen LogP contribution in [0.25, 0.3) is 0 Å². The number of unbranched alkanes of at least 4 members (excludes halogenated alkanes) is 1. The van der Waals surface area contributed by atoms with Crippen LogP contribution in [-0.4, -0.2) is 31.2 Å². The van der Waals surface area contributed by atoms with Gasteiger partial charge in [0.1, 0.15) is 11.6 Å². The summed E-state index contributed by atoms with van der Waals surface area (Å²) in [5.41, 5.74) is 3.36. The molecule has 0 atom stereocenters. The summed E-state index contributed by atoms with van der Waals surface area (Å²) < 4.78 is 18.3. The zero-order chi connectivity index (χ0) is 19.5. The molecule has 27 heavy (non-hydrogen) atoms. The summed E-state index contributed by atoms with van der Waals surface area (Å²) in [6, 6.07) is 12.4. The highest BCUT2D eigenvalue weighted by molar-refractivity contribution is 5.96. The highest BCUT2D eigenvalue weighted by atomic mass is 19.1. The molecule has 0 spiro atoms. The minimum Gasteiger partial charge on any atom is -0.494 e. The van der Waals surface area contributed by atoms with Gasteiger partial charge >= 0.3 is 0 Å². The number of carbonyl (C=O) groups is 2. The van der Waals surface area contributed by atoms with E-state index >= 15 is 0 Å². The van der Waals surface area contributed by atoms with Gasteiger partial charge in [0.25, 0.3) is 11.8 Å². The Hall–Kier alpha value is -3.22. The smallest absolute Gasteiger partial charge is 0.259 e. The zero-order valence-electron chi connectivity index (χ0n) is 15.1. The molecule has 0 aromatic heterocycles. The molecule has 2 aromatic rings. The molecule has 6 nitrogen and oxygen atoms in total. The lowest BCUT2D eigenvalue weighted by Gasteiger charge is -2.07. The van der Waals surface area contributed by atoms with Crippen molar-refractivity contribution in [1.82, 2.24) is 10.7 Å². The molecule has 0 aliphatic heterocycles. The third kappa shape index (κ3) is 7.27. The summed E-state index contributed by atoms with van der Waals surface area (Å²) in [5, 5.41) is 6.27. The first-order valence-corrected chi connectivity index (χ1v) is 8.67. The Morgan fingerprint density at radius 2 is 1.81 bits per heavy atom. The Balaban J connectivity index is 1.74. The minimum atomic E-state index is -0.471. The minimum absolute atomic E-state index is 0.214. The van der Waals surface area contributed by atoms with Crippen LogP contribution in [0.1, 0.15) is 35.7 Å². The van der Waals surface area contributed by atoms with Crippen molar-refractivity contribution >= 4 is 18.0 Å². The molecule has 0 bridgehead atoms. The second kappa shape index (κ2) is 10.7. The van der Waals surface area contributed by atoms with Crippen LogP contribution in [0.3, 0.4) is 0 Å². The van der Waals surface area contributed by atoms with E-state index in [0.29, 0.717) is 23.5 Å². The van der Waals surface area contributed by atoms with Crippen molar-refractivity contribution in [2.45, 2.75) is 19.8 Å². The van der Waals surface area contributed by atoms with Crippen LogP contribution in [0, 0.1) is 5.82 Å². The van der Waals surface area contributed by atoms with Gasteiger partial charge in [0, 0.05) is 5.56 Å². The van der Waals surface area contributed by atoms with E-state index in [4.69, 9.17) is 4.74 Å². The van der Waals surface area contributed by atoms with Gasteiger partial charge in [-0.15, -0.1) is 0 Å². The van der Waals surface area contributed by atoms with E-state index in [9.17, 15) is 14.0 Å². The summed E-state index contributed by atoms with van der Waals surface area (Å²) in [6.45, 7) is 2.51. The first kappa shape index (κ1) is 20.1. The van der Waals surface area contributed by atoms with E-state index in [1.54, 1.807) is 24.3 Å². The van der Waals surface area contributed by atoms with Crippen LogP contribution in [0.2, 0.25) is 0 Å². The molecule has 0 heterocycles. The maximum absolute atomic E-state index is 12.8. The van der Waals surface area contributed by atoms with Crippen molar-refractivity contribution in [3.63, 3.8) is 0 Å². The first-order chi connectivity index (χ1) is 13.1. The quantitative estimate of drug-likeness (QED) is 0.404. The van der Waals surface area contributed by atoms with Crippen LogP contribution in [0.15, 0.2) is 53.6 Å². The van der Waals surface area contributed by atoms with Crippen molar-refractivity contribution in [1.29, 1.82) is 0 Å². The number of hydrogen-bond acceptors (Lipinski definition) is 4. The molecule has 0 radical (unpaired) electrons. The van der Waals surface area contributed by atoms with Gasteiger partial charge in [-0.25, -0.2) is 9.82 Å². The molecule has 0 aliphatic carbocycles. The molecule has 7 heteroatoms. The summed E-state index contributed by atoms with van der Waals surface area (Å²) in [4.78, 5) is 23.7. The van der Waals surface area contributed by atoms with Crippen LogP contribution in [-0.2, 0) is 4.79 Å². The Bertz CT molecular complexity index is 774. The van der Waals surface area contributed by atoms with Crippen molar-refractivity contribution in [3.8, 4) is 5.75 Å². The molecule has 2 amide bonds. The summed E-state index contributed by atoms with van der Waals surface area (Å²) >= 11 is 0. The van der Waals surface area contributed by atoms with Crippen molar-refractivity contribution in [3.05, 3.63) is 65.5 Å². The molecular weight excluding hydrogens is 349 g/mol. The molecule has 2 aromatic carbocycles. The van der Waals surface area contributed by atoms with E-state index in [1.807, 2.05) is 0 Å². The van der Waals surface area contributed by atoms with Gasteiger partial charge in [-0.2, -0.15) is 5.10 Å².